The molecule has 1 fully saturated rings. The Hall–Kier alpha value is -4.05. The van der Waals surface area contributed by atoms with E-state index in [1.54, 1.807) is 7.11 Å². The number of rotatable bonds is 6. The molecular weight excluding hydrogens is 518 g/mol. The fraction of sp³-hybridized carbons (Fsp3) is 0.273. The van der Waals surface area contributed by atoms with Gasteiger partial charge in [-0.15, -0.1) is 0 Å². The Labute approximate surface area is 240 Å². The first-order valence-corrected chi connectivity index (χ1v) is 14.0. The molecule has 1 aliphatic rings. The lowest BCUT2D eigenvalue weighted by Crippen LogP contribution is -2.47. The van der Waals surface area contributed by atoms with Gasteiger partial charge in [0, 0.05) is 55.3 Å². The van der Waals surface area contributed by atoms with Crippen LogP contribution in [0.4, 0.5) is 5.82 Å². The van der Waals surface area contributed by atoms with Gasteiger partial charge in [0.2, 0.25) is 0 Å². The molecule has 0 unspecified atom stereocenters. The average Bonchev–Trinajstić information content (AvgIpc) is 3.34. The molecule has 7 heteroatoms. The van der Waals surface area contributed by atoms with Crippen molar-refractivity contribution in [2.75, 3.05) is 38.2 Å². The molecule has 2 aromatic heterocycles. The van der Waals surface area contributed by atoms with Crippen molar-refractivity contribution in [2.45, 2.75) is 26.8 Å². The number of hydrogen-bond donors (Lipinski definition) is 0. The van der Waals surface area contributed by atoms with Gasteiger partial charge in [0.15, 0.2) is 5.65 Å². The summed E-state index contributed by atoms with van der Waals surface area (Å²) in [5.74, 6) is 2.00. The smallest absolute Gasteiger partial charge is 0.157 e. The highest BCUT2D eigenvalue weighted by Gasteiger charge is 2.27. The van der Waals surface area contributed by atoms with Crippen molar-refractivity contribution in [1.82, 2.24) is 14.3 Å². The number of benzene rings is 3. The molecule has 6 nitrogen and oxygen atoms in total. The maximum absolute atomic E-state index is 10.3. The van der Waals surface area contributed by atoms with E-state index in [0.29, 0.717) is 5.56 Å². The number of fused-ring (bicyclic) bond motifs is 3. The Morgan fingerprint density at radius 3 is 2.45 bits per heavy atom. The Morgan fingerprint density at radius 1 is 0.975 bits per heavy atom. The van der Waals surface area contributed by atoms with Gasteiger partial charge in [-0.25, -0.2) is 4.98 Å². The minimum Gasteiger partial charge on any atom is -0.496 e. The zero-order chi connectivity index (χ0) is 27.8. The molecule has 0 aliphatic carbocycles. The van der Waals surface area contributed by atoms with Crippen molar-refractivity contribution < 1.29 is 4.74 Å². The van der Waals surface area contributed by atoms with E-state index in [2.05, 4.69) is 64.4 Å². The van der Waals surface area contributed by atoms with Crippen LogP contribution in [0.2, 0.25) is 5.02 Å². The average molecular weight is 550 g/mol. The van der Waals surface area contributed by atoms with E-state index in [1.165, 1.54) is 16.7 Å². The predicted octanol–water partition coefficient (Wildman–Crippen LogP) is 6.55. The lowest BCUT2D eigenvalue weighted by Gasteiger charge is -2.38. The van der Waals surface area contributed by atoms with E-state index in [9.17, 15) is 5.26 Å². The van der Waals surface area contributed by atoms with Crippen molar-refractivity contribution in [1.29, 1.82) is 5.26 Å². The van der Waals surface area contributed by atoms with Crippen molar-refractivity contribution in [3.63, 3.8) is 0 Å². The van der Waals surface area contributed by atoms with Crippen LogP contribution in [0.15, 0.2) is 66.7 Å². The predicted molar refractivity (Wildman–Crippen MR) is 162 cm³/mol. The number of imidazole rings is 1. The zero-order valence-corrected chi connectivity index (χ0v) is 23.9. The standard InChI is InChI=1S/C33H32ClN5O/c1-22-8-10-24(11-9-22)18-27-23(2)28(20-35)32-36-29-6-4-5-7-30(29)39(32)33(27)38-16-14-37(15-17-38)21-25-19-26(34)12-13-31(25)40-3/h4-13,19H,14-18,21H2,1-3H3. The first-order valence-electron chi connectivity index (χ1n) is 13.6. The monoisotopic (exact) mass is 549 g/mol. The molecule has 3 heterocycles. The fourth-order valence-electron chi connectivity index (χ4n) is 5.85. The van der Waals surface area contributed by atoms with Gasteiger partial charge >= 0.3 is 0 Å². The number of hydrogen-bond acceptors (Lipinski definition) is 5. The highest BCUT2D eigenvalue weighted by Crippen LogP contribution is 2.35. The summed E-state index contributed by atoms with van der Waals surface area (Å²) in [4.78, 5) is 9.86. The van der Waals surface area contributed by atoms with Crippen LogP contribution in [0.5, 0.6) is 5.75 Å². The Kier molecular flexibility index (Phi) is 7.10. The molecule has 0 bridgehead atoms. The molecule has 0 atom stereocenters. The van der Waals surface area contributed by atoms with Crippen molar-refractivity contribution in [2.24, 2.45) is 0 Å². The fourth-order valence-corrected chi connectivity index (χ4v) is 6.04. The van der Waals surface area contributed by atoms with Crippen LogP contribution in [-0.2, 0) is 13.0 Å². The minimum absolute atomic E-state index is 0.647. The van der Waals surface area contributed by atoms with E-state index < -0.39 is 0 Å². The maximum atomic E-state index is 10.3. The number of pyridine rings is 1. The first-order chi connectivity index (χ1) is 19.5. The Bertz CT molecular complexity index is 1740. The molecule has 0 N–H and O–H groups in total. The van der Waals surface area contributed by atoms with Crippen LogP contribution < -0.4 is 9.64 Å². The number of aromatic nitrogens is 2. The second-order valence-corrected chi connectivity index (χ2v) is 11.0. The largest absolute Gasteiger partial charge is 0.496 e. The normalized spacial score (nSPS) is 14.1. The molecule has 0 spiro atoms. The maximum Gasteiger partial charge on any atom is 0.157 e. The van der Waals surface area contributed by atoms with Gasteiger partial charge < -0.3 is 9.64 Å². The van der Waals surface area contributed by atoms with Crippen LogP contribution in [0.25, 0.3) is 16.7 Å². The third-order valence-corrected chi connectivity index (χ3v) is 8.25. The molecule has 40 heavy (non-hydrogen) atoms. The number of anilines is 1. The number of aryl methyl sites for hydroxylation is 1. The van der Waals surface area contributed by atoms with Gasteiger partial charge in [-0.3, -0.25) is 9.30 Å². The number of piperazine rings is 1. The Balaban J connectivity index is 1.42. The van der Waals surface area contributed by atoms with Crippen molar-refractivity contribution in [3.8, 4) is 11.8 Å². The molecule has 0 radical (unpaired) electrons. The van der Waals surface area contributed by atoms with Crippen LogP contribution in [0.3, 0.4) is 0 Å². The summed E-state index contributed by atoms with van der Waals surface area (Å²) >= 11 is 6.31. The van der Waals surface area contributed by atoms with Crippen molar-refractivity contribution in [3.05, 3.63) is 105 Å². The molecule has 6 rings (SSSR count). The zero-order valence-electron chi connectivity index (χ0n) is 23.1. The topological polar surface area (TPSA) is 56.8 Å². The van der Waals surface area contributed by atoms with Gasteiger partial charge in [0.1, 0.15) is 17.6 Å². The van der Waals surface area contributed by atoms with Crippen molar-refractivity contribution >= 4 is 34.1 Å². The summed E-state index contributed by atoms with van der Waals surface area (Å²) in [6.45, 7) is 8.47. The highest BCUT2D eigenvalue weighted by atomic mass is 35.5. The molecule has 1 aliphatic heterocycles. The van der Waals surface area contributed by atoms with E-state index in [1.807, 2.05) is 36.4 Å². The SMILES string of the molecule is COc1ccc(Cl)cc1CN1CCN(c2c(Cc3ccc(C)cc3)c(C)c(C#N)c3nc4ccccc4n23)CC1. The summed E-state index contributed by atoms with van der Waals surface area (Å²) in [5, 5.41) is 11.0. The summed E-state index contributed by atoms with van der Waals surface area (Å²) in [6.07, 6.45) is 0.749. The Morgan fingerprint density at radius 2 is 1.73 bits per heavy atom. The van der Waals surface area contributed by atoms with Crippen LogP contribution in [0, 0.1) is 25.2 Å². The highest BCUT2D eigenvalue weighted by molar-refractivity contribution is 6.30. The molecular formula is C33H32ClN5O. The number of nitriles is 1. The molecule has 0 amide bonds. The van der Waals surface area contributed by atoms with Gasteiger partial charge in [-0.2, -0.15) is 5.26 Å². The van der Waals surface area contributed by atoms with Gasteiger partial charge in [0.25, 0.3) is 0 Å². The molecule has 3 aromatic carbocycles. The summed E-state index contributed by atoms with van der Waals surface area (Å²) in [6, 6.07) is 25.2. The van der Waals surface area contributed by atoms with Gasteiger partial charge in [-0.1, -0.05) is 53.6 Å². The van der Waals surface area contributed by atoms with Crippen LogP contribution >= 0.6 is 11.6 Å². The second-order valence-electron chi connectivity index (χ2n) is 10.6. The van der Waals surface area contributed by atoms with E-state index in [-0.39, 0.29) is 0 Å². The molecule has 0 saturated carbocycles. The molecule has 202 valence electrons. The van der Waals surface area contributed by atoms with Crippen LogP contribution in [-0.4, -0.2) is 47.6 Å². The lowest BCUT2D eigenvalue weighted by molar-refractivity contribution is 0.245. The van der Waals surface area contributed by atoms with E-state index in [0.717, 1.165) is 83.5 Å². The molecule has 5 aromatic rings. The third-order valence-electron chi connectivity index (χ3n) is 8.02. The first kappa shape index (κ1) is 26.2. The molecule has 1 saturated heterocycles. The summed E-state index contributed by atoms with van der Waals surface area (Å²) < 4.78 is 7.82. The number of nitrogens with zero attached hydrogens (tertiary/aromatic N) is 5. The van der Waals surface area contributed by atoms with E-state index in [4.69, 9.17) is 21.3 Å². The number of halogens is 1. The quantitative estimate of drug-likeness (QED) is 0.240. The van der Waals surface area contributed by atoms with E-state index >= 15 is 0 Å². The minimum atomic E-state index is 0.647. The summed E-state index contributed by atoms with van der Waals surface area (Å²) in [5.41, 5.74) is 9.06. The third kappa shape index (κ3) is 4.77. The van der Waals surface area contributed by atoms with Gasteiger partial charge in [-0.05, 0) is 55.3 Å². The second kappa shape index (κ2) is 10.8. The number of para-hydroxylation sites is 2. The number of methoxy groups -OCH3 is 1. The van der Waals surface area contributed by atoms with Crippen LogP contribution in [0.1, 0.15) is 33.4 Å². The lowest BCUT2D eigenvalue weighted by atomic mass is 9.96. The van der Waals surface area contributed by atoms with Gasteiger partial charge in [0.05, 0.1) is 23.7 Å². The number of ether oxygens (including phenoxy) is 1. The summed E-state index contributed by atoms with van der Waals surface area (Å²) in [7, 11) is 1.70.